The summed E-state index contributed by atoms with van der Waals surface area (Å²) in [5.74, 6) is -0.889. The Hall–Kier alpha value is -1.39. The molecule has 0 saturated heterocycles. The highest BCUT2D eigenvalue weighted by molar-refractivity contribution is 5.87. The Bertz CT molecular complexity index is 379. The van der Waals surface area contributed by atoms with Gasteiger partial charge in [-0.15, -0.1) is 0 Å². The highest BCUT2D eigenvalue weighted by Crippen LogP contribution is 2.09. The van der Waals surface area contributed by atoms with E-state index < -0.39 is 5.97 Å². The molecule has 2 N–H and O–H groups in total. The molecule has 0 aromatic heterocycles. The van der Waals surface area contributed by atoms with Gasteiger partial charge in [-0.2, -0.15) is 0 Å². The Morgan fingerprint density at radius 2 is 2.11 bits per heavy atom. The maximum atomic E-state index is 10.9. The molecule has 100 valence electrons. The summed E-state index contributed by atoms with van der Waals surface area (Å²) in [6.45, 7) is 4.91. The third kappa shape index (κ3) is 4.85. The second kappa shape index (κ2) is 7.84. The highest BCUT2D eigenvalue weighted by atomic mass is 16.4. The zero-order valence-electron chi connectivity index (χ0n) is 10.8. The van der Waals surface area contributed by atoms with Gasteiger partial charge in [-0.1, -0.05) is 19.1 Å². The van der Waals surface area contributed by atoms with E-state index in [-0.39, 0.29) is 6.61 Å². The van der Waals surface area contributed by atoms with Crippen molar-refractivity contribution in [1.82, 2.24) is 4.90 Å². The van der Waals surface area contributed by atoms with Gasteiger partial charge in [0.25, 0.3) is 0 Å². The van der Waals surface area contributed by atoms with Crippen LogP contribution in [0.25, 0.3) is 0 Å². The first-order valence-electron chi connectivity index (χ1n) is 6.32. The Kier molecular flexibility index (Phi) is 6.39. The van der Waals surface area contributed by atoms with Crippen molar-refractivity contribution in [3.05, 3.63) is 35.4 Å². The lowest BCUT2D eigenvalue weighted by Crippen LogP contribution is -2.24. The van der Waals surface area contributed by atoms with E-state index >= 15 is 0 Å². The molecular formula is C14H21NO3. The van der Waals surface area contributed by atoms with Crippen LogP contribution in [-0.2, 0) is 6.54 Å². The molecule has 4 heteroatoms. The lowest BCUT2D eigenvalue weighted by Gasteiger charge is -2.20. The fourth-order valence-corrected chi connectivity index (χ4v) is 1.86. The Labute approximate surface area is 108 Å². The molecule has 0 bridgehead atoms. The van der Waals surface area contributed by atoms with E-state index in [4.69, 9.17) is 10.2 Å². The van der Waals surface area contributed by atoms with Gasteiger partial charge in [-0.3, -0.25) is 4.90 Å². The maximum absolute atomic E-state index is 10.9. The molecule has 1 aromatic carbocycles. The molecule has 0 aliphatic rings. The summed E-state index contributed by atoms with van der Waals surface area (Å²) < 4.78 is 0. The minimum Gasteiger partial charge on any atom is -0.478 e. The summed E-state index contributed by atoms with van der Waals surface area (Å²) >= 11 is 0. The summed E-state index contributed by atoms with van der Waals surface area (Å²) in [6, 6.07) is 7.05. The number of hydrogen-bond acceptors (Lipinski definition) is 3. The number of hydrogen-bond donors (Lipinski definition) is 2. The number of unbranched alkanes of at least 4 members (excludes halogenated alkanes) is 1. The van der Waals surface area contributed by atoms with E-state index in [0.717, 1.165) is 38.0 Å². The molecule has 0 aliphatic heterocycles. The predicted octanol–water partition coefficient (Wildman–Crippen LogP) is 1.98. The molecule has 0 aliphatic carbocycles. The van der Waals surface area contributed by atoms with Crippen molar-refractivity contribution in [1.29, 1.82) is 0 Å². The van der Waals surface area contributed by atoms with Crippen LogP contribution in [0.1, 0.15) is 35.7 Å². The number of aromatic carboxylic acids is 1. The second-order valence-electron chi connectivity index (χ2n) is 4.31. The first kappa shape index (κ1) is 14.7. The lowest BCUT2D eigenvalue weighted by atomic mass is 10.1. The van der Waals surface area contributed by atoms with E-state index in [1.165, 1.54) is 0 Å². The quantitative estimate of drug-likeness (QED) is 0.694. The molecule has 0 atom stereocenters. The molecule has 0 amide bonds. The van der Waals surface area contributed by atoms with Gasteiger partial charge >= 0.3 is 5.97 Å². The van der Waals surface area contributed by atoms with Crippen molar-refractivity contribution in [2.24, 2.45) is 0 Å². The van der Waals surface area contributed by atoms with E-state index in [1.807, 2.05) is 6.07 Å². The van der Waals surface area contributed by atoms with Crippen LogP contribution in [0.5, 0.6) is 0 Å². The Morgan fingerprint density at radius 1 is 1.33 bits per heavy atom. The van der Waals surface area contributed by atoms with Crippen LogP contribution in [0.4, 0.5) is 0 Å². The summed E-state index contributed by atoms with van der Waals surface area (Å²) in [5.41, 5.74) is 1.35. The first-order chi connectivity index (χ1) is 8.67. The van der Waals surface area contributed by atoms with Crippen molar-refractivity contribution in [2.75, 3.05) is 19.7 Å². The molecule has 0 unspecified atom stereocenters. The van der Waals surface area contributed by atoms with E-state index in [9.17, 15) is 4.79 Å². The minimum atomic E-state index is -0.889. The van der Waals surface area contributed by atoms with Crippen LogP contribution >= 0.6 is 0 Å². The number of carboxylic acid groups (broad SMARTS) is 1. The topological polar surface area (TPSA) is 60.8 Å². The largest absolute Gasteiger partial charge is 0.478 e. The number of aliphatic hydroxyl groups is 1. The molecule has 0 radical (unpaired) electrons. The highest BCUT2D eigenvalue weighted by Gasteiger charge is 2.06. The number of carbonyl (C=O) groups is 1. The molecule has 4 nitrogen and oxygen atoms in total. The number of rotatable bonds is 8. The van der Waals surface area contributed by atoms with Gasteiger partial charge in [-0.25, -0.2) is 4.79 Å². The van der Waals surface area contributed by atoms with Crippen molar-refractivity contribution in [2.45, 2.75) is 26.3 Å². The van der Waals surface area contributed by atoms with Crippen LogP contribution < -0.4 is 0 Å². The molecule has 0 heterocycles. The van der Waals surface area contributed by atoms with Crippen LogP contribution in [0.15, 0.2) is 24.3 Å². The predicted molar refractivity (Wildman–Crippen MR) is 70.7 cm³/mol. The van der Waals surface area contributed by atoms with E-state index in [2.05, 4.69) is 11.8 Å². The molecule has 0 fully saturated rings. The molecule has 1 aromatic rings. The number of aliphatic hydroxyl groups excluding tert-OH is 1. The third-order valence-electron chi connectivity index (χ3n) is 2.91. The summed E-state index contributed by atoms with van der Waals surface area (Å²) in [7, 11) is 0. The summed E-state index contributed by atoms with van der Waals surface area (Å²) in [6.07, 6.45) is 1.77. The Balaban J connectivity index is 2.58. The SMILES string of the molecule is CCN(CCCCO)Cc1cccc(C(=O)O)c1. The van der Waals surface area contributed by atoms with E-state index in [1.54, 1.807) is 18.2 Å². The number of carboxylic acids is 1. The first-order valence-corrected chi connectivity index (χ1v) is 6.32. The van der Waals surface area contributed by atoms with Crippen LogP contribution in [0.3, 0.4) is 0 Å². The van der Waals surface area contributed by atoms with Crippen LogP contribution in [0.2, 0.25) is 0 Å². The van der Waals surface area contributed by atoms with Gasteiger partial charge in [-0.05, 0) is 43.6 Å². The molecule has 0 saturated carbocycles. The van der Waals surface area contributed by atoms with Gasteiger partial charge in [0.05, 0.1) is 5.56 Å². The zero-order chi connectivity index (χ0) is 13.4. The number of benzene rings is 1. The summed E-state index contributed by atoms with van der Waals surface area (Å²) in [5, 5.41) is 17.7. The monoisotopic (exact) mass is 251 g/mol. The van der Waals surface area contributed by atoms with Crippen LogP contribution in [0, 0.1) is 0 Å². The van der Waals surface area contributed by atoms with Gasteiger partial charge < -0.3 is 10.2 Å². The summed E-state index contributed by atoms with van der Waals surface area (Å²) in [4.78, 5) is 13.1. The third-order valence-corrected chi connectivity index (χ3v) is 2.91. The average Bonchev–Trinajstić information content (AvgIpc) is 2.38. The number of nitrogens with zero attached hydrogens (tertiary/aromatic N) is 1. The zero-order valence-corrected chi connectivity index (χ0v) is 10.8. The van der Waals surface area contributed by atoms with E-state index in [0.29, 0.717) is 5.56 Å². The maximum Gasteiger partial charge on any atom is 0.335 e. The van der Waals surface area contributed by atoms with Crippen LogP contribution in [-0.4, -0.2) is 40.8 Å². The molecule has 0 spiro atoms. The fraction of sp³-hybridized carbons (Fsp3) is 0.500. The fourth-order valence-electron chi connectivity index (χ4n) is 1.86. The molecular weight excluding hydrogens is 230 g/mol. The van der Waals surface area contributed by atoms with Crippen molar-refractivity contribution in [3.8, 4) is 0 Å². The van der Waals surface area contributed by atoms with Gasteiger partial charge in [0, 0.05) is 13.2 Å². The van der Waals surface area contributed by atoms with Crippen molar-refractivity contribution < 1.29 is 15.0 Å². The van der Waals surface area contributed by atoms with Crippen molar-refractivity contribution >= 4 is 5.97 Å². The lowest BCUT2D eigenvalue weighted by molar-refractivity contribution is 0.0696. The van der Waals surface area contributed by atoms with Crippen molar-refractivity contribution in [3.63, 3.8) is 0 Å². The normalized spacial score (nSPS) is 10.8. The molecule has 18 heavy (non-hydrogen) atoms. The van der Waals surface area contributed by atoms with Gasteiger partial charge in [0.15, 0.2) is 0 Å². The average molecular weight is 251 g/mol. The second-order valence-corrected chi connectivity index (χ2v) is 4.31. The smallest absolute Gasteiger partial charge is 0.335 e. The van der Waals surface area contributed by atoms with Gasteiger partial charge in [0.2, 0.25) is 0 Å². The van der Waals surface area contributed by atoms with Gasteiger partial charge in [0.1, 0.15) is 0 Å². The minimum absolute atomic E-state index is 0.228. The molecule has 1 rings (SSSR count). The Morgan fingerprint density at radius 3 is 2.72 bits per heavy atom. The standard InChI is InChI=1S/C14H21NO3/c1-2-15(8-3-4-9-16)11-12-6-5-7-13(10-12)14(17)18/h5-7,10,16H,2-4,8-9,11H2,1H3,(H,17,18).